The standard InChI is InChI=1S/C10H15NOS/c1-2-10(12)11-4-8-3-9(5-11)7-13-6-8/h2,8-9H,1,3-7H2. The van der Waals surface area contributed by atoms with Gasteiger partial charge in [-0.15, -0.1) is 0 Å². The van der Waals surface area contributed by atoms with Crippen LogP contribution in [0.3, 0.4) is 0 Å². The number of fused-ring (bicyclic) bond motifs is 2. The first kappa shape index (κ1) is 9.13. The maximum atomic E-state index is 11.4. The fourth-order valence-electron chi connectivity index (χ4n) is 2.27. The topological polar surface area (TPSA) is 20.3 Å². The van der Waals surface area contributed by atoms with Crippen molar-refractivity contribution in [1.82, 2.24) is 4.90 Å². The summed E-state index contributed by atoms with van der Waals surface area (Å²) in [4.78, 5) is 13.4. The highest BCUT2D eigenvalue weighted by molar-refractivity contribution is 7.99. The smallest absolute Gasteiger partial charge is 0.245 e. The van der Waals surface area contributed by atoms with Gasteiger partial charge >= 0.3 is 0 Å². The average molecular weight is 197 g/mol. The van der Waals surface area contributed by atoms with E-state index < -0.39 is 0 Å². The van der Waals surface area contributed by atoms with Crippen LogP contribution in [0.4, 0.5) is 0 Å². The van der Waals surface area contributed by atoms with Crippen LogP contribution < -0.4 is 0 Å². The zero-order chi connectivity index (χ0) is 9.26. The Morgan fingerprint density at radius 1 is 1.38 bits per heavy atom. The second kappa shape index (κ2) is 3.74. The molecule has 2 nitrogen and oxygen atoms in total. The molecule has 0 aromatic heterocycles. The lowest BCUT2D eigenvalue weighted by Crippen LogP contribution is -2.46. The number of rotatable bonds is 1. The highest BCUT2D eigenvalue weighted by Crippen LogP contribution is 2.32. The van der Waals surface area contributed by atoms with Gasteiger partial charge in [0.05, 0.1) is 0 Å². The van der Waals surface area contributed by atoms with Crippen LogP contribution in [-0.2, 0) is 4.79 Å². The first-order valence-electron chi connectivity index (χ1n) is 4.78. The Morgan fingerprint density at radius 2 is 2.00 bits per heavy atom. The maximum Gasteiger partial charge on any atom is 0.245 e. The van der Waals surface area contributed by atoms with E-state index in [0.717, 1.165) is 24.9 Å². The molecule has 0 saturated carbocycles. The first-order valence-corrected chi connectivity index (χ1v) is 5.94. The largest absolute Gasteiger partial charge is 0.339 e. The second-order valence-electron chi connectivity index (χ2n) is 3.95. The molecule has 2 fully saturated rings. The molecule has 2 heterocycles. The Balaban J connectivity index is 2.01. The molecule has 1 amide bonds. The molecule has 0 spiro atoms. The molecule has 2 bridgehead atoms. The number of carbonyl (C=O) groups excluding carboxylic acids is 1. The molecule has 2 saturated heterocycles. The summed E-state index contributed by atoms with van der Waals surface area (Å²) < 4.78 is 0. The molecule has 2 rings (SSSR count). The molecule has 0 N–H and O–H groups in total. The number of likely N-dealkylation sites (tertiary alicyclic amines) is 1. The van der Waals surface area contributed by atoms with Gasteiger partial charge in [0.15, 0.2) is 0 Å². The van der Waals surface area contributed by atoms with Gasteiger partial charge in [0.2, 0.25) is 5.91 Å². The molecule has 0 aromatic carbocycles. The van der Waals surface area contributed by atoms with Gasteiger partial charge in [0.25, 0.3) is 0 Å². The van der Waals surface area contributed by atoms with Crippen LogP contribution >= 0.6 is 11.8 Å². The summed E-state index contributed by atoms with van der Waals surface area (Å²) in [5.41, 5.74) is 0. The van der Waals surface area contributed by atoms with Crippen molar-refractivity contribution in [2.45, 2.75) is 6.42 Å². The Labute approximate surface area is 83.4 Å². The van der Waals surface area contributed by atoms with Gasteiger partial charge in [0.1, 0.15) is 0 Å². The van der Waals surface area contributed by atoms with Crippen molar-refractivity contribution in [3.63, 3.8) is 0 Å². The van der Waals surface area contributed by atoms with Gasteiger partial charge in [-0.25, -0.2) is 0 Å². The highest BCUT2D eigenvalue weighted by Gasteiger charge is 2.31. The van der Waals surface area contributed by atoms with Crippen molar-refractivity contribution < 1.29 is 4.79 Å². The molecule has 13 heavy (non-hydrogen) atoms. The van der Waals surface area contributed by atoms with Gasteiger partial charge in [-0.1, -0.05) is 6.58 Å². The SMILES string of the molecule is C=CC(=O)N1CC2CSCC(C2)C1. The number of hydrogen-bond acceptors (Lipinski definition) is 2. The van der Waals surface area contributed by atoms with Crippen molar-refractivity contribution in [2.75, 3.05) is 24.6 Å². The molecule has 2 aliphatic heterocycles. The van der Waals surface area contributed by atoms with E-state index in [2.05, 4.69) is 6.58 Å². The minimum atomic E-state index is 0.113. The number of thioether (sulfide) groups is 1. The van der Waals surface area contributed by atoms with Crippen molar-refractivity contribution >= 4 is 17.7 Å². The van der Waals surface area contributed by atoms with Gasteiger partial charge in [-0.3, -0.25) is 4.79 Å². The fourth-order valence-corrected chi connectivity index (χ4v) is 3.56. The van der Waals surface area contributed by atoms with Crippen LogP contribution in [0.25, 0.3) is 0 Å². The third-order valence-corrected chi connectivity index (χ3v) is 4.23. The van der Waals surface area contributed by atoms with Crippen LogP contribution in [0, 0.1) is 11.8 Å². The molecular formula is C10H15NOS. The summed E-state index contributed by atoms with van der Waals surface area (Å²) in [5.74, 6) is 4.05. The molecule has 0 aliphatic carbocycles. The monoisotopic (exact) mass is 197 g/mol. The van der Waals surface area contributed by atoms with Gasteiger partial charge < -0.3 is 4.90 Å². The van der Waals surface area contributed by atoms with E-state index in [1.807, 2.05) is 16.7 Å². The van der Waals surface area contributed by atoms with E-state index in [-0.39, 0.29) is 5.91 Å². The Kier molecular flexibility index (Phi) is 2.63. The van der Waals surface area contributed by atoms with E-state index in [1.54, 1.807) is 0 Å². The Bertz CT molecular complexity index is 217. The quantitative estimate of drug-likeness (QED) is 0.592. The fraction of sp³-hybridized carbons (Fsp3) is 0.700. The predicted octanol–water partition coefficient (Wildman–Crippen LogP) is 1.38. The van der Waals surface area contributed by atoms with E-state index in [4.69, 9.17) is 0 Å². The Hall–Kier alpha value is -0.440. The molecule has 3 heteroatoms. The van der Waals surface area contributed by atoms with Crippen LogP contribution in [0.5, 0.6) is 0 Å². The van der Waals surface area contributed by atoms with Crippen molar-refractivity contribution in [3.05, 3.63) is 12.7 Å². The Morgan fingerprint density at radius 3 is 2.54 bits per heavy atom. The van der Waals surface area contributed by atoms with Crippen LogP contribution in [0.2, 0.25) is 0 Å². The highest BCUT2D eigenvalue weighted by atomic mass is 32.2. The molecule has 2 atom stereocenters. The molecular weight excluding hydrogens is 182 g/mol. The number of piperidine rings is 1. The number of hydrogen-bond donors (Lipinski definition) is 0. The zero-order valence-corrected chi connectivity index (χ0v) is 8.55. The van der Waals surface area contributed by atoms with Gasteiger partial charge in [-0.2, -0.15) is 11.8 Å². The normalized spacial score (nSPS) is 32.8. The minimum Gasteiger partial charge on any atom is -0.339 e. The van der Waals surface area contributed by atoms with Gasteiger partial charge in [-0.05, 0) is 35.8 Å². The molecule has 72 valence electrons. The summed E-state index contributed by atoms with van der Waals surface area (Å²) in [6.45, 7) is 5.44. The van der Waals surface area contributed by atoms with Crippen molar-refractivity contribution in [3.8, 4) is 0 Å². The lowest BCUT2D eigenvalue weighted by atomic mass is 9.91. The van der Waals surface area contributed by atoms with Gasteiger partial charge in [0, 0.05) is 13.1 Å². The lowest BCUT2D eigenvalue weighted by molar-refractivity contribution is -0.128. The van der Waals surface area contributed by atoms with E-state index in [1.165, 1.54) is 24.0 Å². The average Bonchev–Trinajstić information content (AvgIpc) is 2.16. The molecule has 2 aliphatic rings. The predicted molar refractivity (Wildman–Crippen MR) is 55.7 cm³/mol. The summed E-state index contributed by atoms with van der Waals surface area (Å²) in [5, 5.41) is 0. The summed E-state index contributed by atoms with van der Waals surface area (Å²) in [6, 6.07) is 0. The molecule has 0 radical (unpaired) electrons. The second-order valence-corrected chi connectivity index (χ2v) is 5.03. The number of amides is 1. The number of nitrogens with zero attached hydrogens (tertiary/aromatic N) is 1. The van der Waals surface area contributed by atoms with Crippen molar-refractivity contribution in [1.29, 1.82) is 0 Å². The summed E-state index contributed by atoms with van der Waals surface area (Å²) >= 11 is 2.04. The van der Waals surface area contributed by atoms with Crippen LogP contribution in [-0.4, -0.2) is 35.4 Å². The van der Waals surface area contributed by atoms with Crippen LogP contribution in [0.1, 0.15) is 6.42 Å². The molecule has 2 unspecified atom stereocenters. The summed E-state index contributed by atoms with van der Waals surface area (Å²) in [7, 11) is 0. The first-order chi connectivity index (χ1) is 6.29. The lowest BCUT2D eigenvalue weighted by Gasteiger charge is -2.40. The third-order valence-electron chi connectivity index (χ3n) is 2.82. The maximum absolute atomic E-state index is 11.4. The zero-order valence-electron chi connectivity index (χ0n) is 7.74. The van der Waals surface area contributed by atoms with E-state index in [9.17, 15) is 4.79 Å². The van der Waals surface area contributed by atoms with Crippen LogP contribution in [0.15, 0.2) is 12.7 Å². The van der Waals surface area contributed by atoms with E-state index >= 15 is 0 Å². The minimum absolute atomic E-state index is 0.113. The number of carbonyl (C=O) groups is 1. The van der Waals surface area contributed by atoms with E-state index in [0.29, 0.717) is 0 Å². The van der Waals surface area contributed by atoms with Crippen molar-refractivity contribution in [2.24, 2.45) is 11.8 Å². The molecule has 0 aromatic rings. The summed E-state index contributed by atoms with van der Waals surface area (Å²) in [6.07, 6.45) is 2.77. The third kappa shape index (κ3) is 1.90.